The van der Waals surface area contributed by atoms with Crippen LogP contribution in [0.2, 0.25) is 0 Å². The molecule has 6 heteroatoms. The Morgan fingerprint density at radius 2 is 1.68 bits per heavy atom. The first kappa shape index (κ1) is 18.1. The average Bonchev–Trinajstić information content (AvgIpc) is 3.12. The number of aromatic nitrogens is 3. The summed E-state index contributed by atoms with van der Waals surface area (Å²) in [6.07, 6.45) is 2.07. The smallest absolute Gasteiger partial charge is 0.329 e. The molecule has 2 heterocycles. The fourth-order valence-electron chi connectivity index (χ4n) is 3.98. The first-order valence-corrected chi connectivity index (χ1v) is 9.33. The van der Waals surface area contributed by atoms with E-state index in [2.05, 4.69) is 29.8 Å². The van der Waals surface area contributed by atoms with Crippen LogP contribution in [-0.2, 0) is 24.9 Å². The lowest BCUT2D eigenvalue weighted by Crippen LogP contribution is -2.28. The molecule has 0 aliphatic heterocycles. The number of imidazole rings is 1. The lowest BCUT2D eigenvalue weighted by Gasteiger charge is -2.07. The summed E-state index contributed by atoms with van der Waals surface area (Å²) in [4.78, 5) is 24.5. The van der Waals surface area contributed by atoms with Gasteiger partial charge in [0.15, 0.2) is 0 Å². The molecule has 2 aromatic heterocycles. The Labute approximate surface area is 162 Å². The van der Waals surface area contributed by atoms with Gasteiger partial charge in [0, 0.05) is 30.7 Å². The molecule has 4 rings (SSSR count). The second-order valence-corrected chi connectivity index (χ2v) is 7.44. The Kier molecular flexibility index (Phi) is 4.34. The molecule has 0 saturated heterocycles. The Hall–Kier alpha value is -3.28. The van der Waals surface area contributed by atoms with Gasteiger partial charge in [-0.2, -0.15) is 0 Å². The zero-order valence-corrected chi connectivity index (χ0v) is 16.2. The summed E-state index contributed by atoms with van der Waals surface area (Å²) in [6.45, 7) is 4.29. The standard InChI is InChI=1S/C22H23N3O3/c1-14-7-6-10-19-20(14)16(12-23(19)3)13-25-18-9-5-4-8-17(18)24(22(25)28)11-15(2)21(26)27/h4-10,12,15H,11,13H2,1-3H3,(H,26,27). The molecule has 4 aromatic rings. The minimum absolute atomic E-state index is 0.149. The minimum atomic E-state index is -0.909. The van der Waals surface area contributed by atoms with E-state index in [1.165, 1.54) is 5.56 Å². The van der Waals surface area contributed by atoms with Gasteiger partial charge in [-0.05, 0) is 36.2 Å². The van der Waals surface area contributed by atoms with Gasteiger partial charge in [-0.15, -0.1) is 0 Å². The zero-order chi connectivity index (χ0) is 20.0. The number of hydrogen-bond acceptors (Lipinski definition) is 2. The van der Waals surface area contributed by atoms with Crippen molar-refractivity contribution < 1.29 is 9.90 Å². The summed E-state index contributed by atoms with van der Waals surface area (Å²) in [5.41, 5.74) is 4.77. The molecule has 0 radical (unpaired) electrons. The number of nitrogens with zero attached hydrogens (tertiary/aromatic N) is 3. The van der Waals surface area contributed by atoms with Crippen molar-refractivity contribution in [3.63, 3.8) is 0 Å². The highest BCUT2D eigenvalue weighted by atomic mass is 16.4. The van der Waals surface area contributed by atoms with Crippen molar-refractivity contribution in [1.29, 1.82) is 0 Å². The molecule has 144 valence electrons. The van der Waals surface area contributed by atoms with E-state index in [1.54, 1.807) is 16.1 Å². The van der Waals surface area contributed by atoms with Crippen molar-refractivity contribution in [2.24, 2.45) is 13.0 Å². The van der Waals surface area contributed by atoms with Gasteiger partial charge in [-0.1, -0.05) is 31.2 Å². The maximum atomic E-state index is 13.2. The average molecular weight is 377 g/mol. The fraction of sp³-hybridized carbons (Fsp3) is 0.273. The molecular formula is C22H23N3O3. The monoisotopic (exact) mass is 377 g/mol. The number of carboxylic acid groups (broad SMARTS) is 1. The van der Waals surface area contributed by atoms with Crippen molar-refractivity contribution in [3.8, 4) is 0 Å². The van der Waals surface area contributed by atoms with Gasteiger partial charge >= 0.3 is 11.7 Å². The SMILES string of the molecule is Cc1cccc2c1c(Cn1c(=O)n(CC(C)C(=O)O)c3ccccc31)cn2C. The third-order valence-corrected chi connectivity index (χ3v) is 5.43. The first-order chi connectivity index (χ1) is 13.4. The number of benzene rings is 2. The van der Waals surface area contributed by atoms with Crippen LogP contribution in [0.5, 0.6) is 0 Å². The molecule has 0 saturated carbocycles. The van der Waals surface area contributed by atoms with Crippen molar-refractivity contribution in [1.82, 2.24) is 13.7 Å². The van der Waals surface area contributed by atoms with Crippen LogP contribution in [0.4, 0.5) is 0 Å². The van der Waals surface area contributed by atoms with E-state index >= 15 is 0 Å². The van der Waals surface area contributed by atoms with Crippen LogP contribution in [-0.4, -0.2) is 24.8 Å². The third kappa shape index (κ3) is 2.81. The molecule has 0 aliphatic carbocycles. The van der Waals surface area contributed by atoms with E-state index in [0.29, 0.717) is 6.54 Å². The summed E-state index contributed by atoms with van der Waals surface area (Å²) in [7, 11) is 2.01. The van der Waals surface area contributed by atoms with Crippen molar-refractivity contribution in [2.45, 2.75) is 26.9 Å². The summed E-state index contributed by atoms with van der Waals surface area (Å²) >= 11 is 0. The quantitative estimate of drug-likeness (QED) is 0.580. The van der Waals surface area contributed by atoms with Gasteiger partial charge in [-0.25, -0.2) is 4.79 Å². The minimum Gasteiger partial charge on any atom is -0.481 e. The maximum Gasteiger partial charge on any atom is 0.329 e. The Morgan fingerprint density at radius 3 is 2.36 bits per heavy atom. The van der Waals surface area contributed by atoms with Crippen LogP contribution in [0.25, 0.3) is 21.9 Å². The normalized spacial score (nSPS) is 12.7. The second kappa shape index (κ2) is 6.71. The molecule has 0 spiro atoms. The van der Waals surface area contributed by atoms with Crippen LogP contribution in [0.3, 0.4) is 0 Å². The largest absolute Gasteiger partial charge is 0.481 e. The Bertz CT molecular complexity index is 1260. The van der Waals surface area contributed by atoms with Gasteiger partial charge in [-0.3, -0.25) is 13.9 Å². The maximum absolute atomic E-state index is 13.2. The lowest BCUT2D eigenvalue weighted by atomic mass is 10.1. The summed E-state index contributed by atoms with van der Waals surface area (Å²) in [6, 6.07) is 13.7. The van der Waals surface area contributed by atoms with Crippen molar-refractivity contribution >= 4 is 27.9 Å². The summed E-state index contributed by atoms with van der Waals surface area (Å²) < 4.78 is 5.39. The van der Waals surface area contributed by atoms with Crippen LogP contribution >= 0.6 is 0 Å². The Balaban J connectivity index is 1.88. The van der Waals surface area contributed by atoms with E-state index in [-0.39, 0.29) is 12.2 Å². The molecular weight excluding hydrogens is 354 g/mol. The van der Waals surface area contributed by atoms with E-state index in [0.717, 1.165) is 27.5 Å². The first-order valence-electron chi connectivity index (χ1n) is 9.33. The van der Waals surface area contributed by atoms with Gasteiger partial charge in [0.2, 0.25) is 0 Å². The van der Waals surface area contributed by atoms with Crippen molar-refractivity contribution in [3.05, 3.63) is 70.3 Å². The van der Waals surface area contributed by atoms with Gasteiger partial charge in [0.25, 0.3) is 0 Å². The highest BCUT2D eigenvalue weighted by molar-refractivity contribution is 5.87. The topological polar surface area (TPSA) is 69.2 Å². The van der Waals surface area contributed by atoms with E-state index in [9.17, 15) is 14.7 Å². The van der Waals surface area contributed by atoms with Crippen LogP contribution < -0.4 is 5.69 Å². The van der Waals surface area contributed by atoms with E-state index in [4.69, 9.17) is 0 Å². The molecule has 6 nitrogen and oxygen atoms in total. The number of carbonyl (C=O) groups is 1. The number of aryl methyl sites for hydroxylation is 2. The van der Waals surface area contributed by atoms with Crippen molar-refractivity contribution in [2.75, 3.05) is 0 Å². The third-order valence-electron chi connectivity index (χ3n) is 5.43. The number of para-hydroxylation sites is 2. The van der Waals surface area contributed by atoms with Gasteiger partial charge in [0.1, 0.15) is 0 Å². The molecule has 0 fully saturated rings. The number of hydrogen-bond donors (Lipinski definition) is 1. The second-order valence-electron chi connectivity index (χ2n) is 7.44. The molecule has 1 atom stereocenters. The van der Waals surface area contributed by atoms with E-state index in [1.807, 2.05) is 37.4 Å². The van der Waals surface area contributed by atoms with Gasteiger partial charge < -0.3 is 9.67 Å². The predicted molar refractivity (Wildman–Crippen MR) is 110 cm³/mol. The molecule has 28 heavy (non-hydrogen) atoms. The van der Waals surface area contributed by atoms with Crippen LogP contribution in [0.15, 0.2) is 53.5 Å². The fourth-order valence-corrected chi connectivity index (χ4v) is 3.98. The zero-order valence-electron chi connectivity index (χ0n) is 16.2. The Morgan fingerprint density at radius 1 is 1.04 bits per heavy atom. The summed E-state index contributed by atoms with van der Waals surface area (Å²) in [5, 5.41) is 10.4. The van der Waals surface area contributed by atoms with E-state index < -0.39 is 11.9 Å². The number of fused-ring (bicyclic) bond motifs is 2. The lowest BCUT2D eigenvalue weighted by molar-refractivity contribution is -0.141. The molecule has 1 N–H and O–H groups in total. The number of carboxylic acids is 1. The van der Waals surface area contributed by atoms with Crippen LogP contribution in [0.1, 0.15) is 18.1 Å². The number of rotatable bonds is 5. The van der Waals surface area contributed by atoms with Gasteiger partial charge in [0.05, 0.1) is 23.5 Å². The molecule has 0 amide bonds. The van der Waals surface area contributed by atoms with Crippen LogP contribution in [0, 0.1) is 12.8 Å². The molecule has 0 bridgehead atoms. The summed E-state index contributed by atoms with van der Waals surface area (Å²) in [5.74, 6) is -1.55. The number of aliphatic carboxylic acids is 1. The molecule has 1 unspecified atom stereocenters. The molecule has 2 aromatic carbocycles. The highest BCUT2D eigenvalue weighted by Gasteiger charge is 2.19. The predicted octanol–water partition coefficient (Wildman–Crippen LogP) is 3.37. The highest BCUT2D eigenvalue weighted by Crippen LogP contribution is 2.26. The molecule has 0 aliphatic rings.